The number of hydrogen-bond acceptors (Lipinski definition) is 4. The Morgan fingerprint density at radius 3 is 3.10 bits per heavy atom. The van der Waals surface area contributed by atoms with Crippen molar-refractivity contribution in [1.82, 2.24) is 14.8 Å². The van der Waals surface area contributed by atoms with Crippen LogP contribution in [0.3, 0.4) is 0 Å². The van der Waals surface area contributed by atoms with Crippen LogP contribution in [0.5, 0.6) is 0 Å². The Morgan fingerprint density at radius 2 is 2.33 bits per heavy atom. The minimum atomic E-state index is -0.211. The Labute approximate surface area is 133 Å². The average Bonchev–Trinajstić information content (AvgIpc) is 3.01. The molecule has 0 saturated carbocycles. The van der Waals surface area contributed by atoms with Crippen molar-refractivity contribution < 1.29 is 4.79 Å². The summed E-state index contributed by atoms with van der Waals surface area (Å²) in [4.78, 5) is 16.2. The Balaban J connectivity index is 1.72. The molecule has 2 aromatic heterocycles. The average molecular weight is 363 g/mol. The lowest BCUT2D eigenvalue weighted by atomic mass is 10.3. The van der Waals surface area contributed by atoms with Gasteiger partial charge in [-0.2, -0.15) is 5.10 Å². The van der Waals surface area contributed by atoms with E-state index < -0.39 is 0 Å². The van der Waals surface area contributed by atoms with E-state index in [4.69, 9.17) is 0 Å². The number of fused-ring (bicyclic) bond motifs is 1. The van der Waals surface area contributed by atoms with E-state index in [2.05, 4.69) is 31.3 Å². The van der Waals surface area contributed by atoms with Crippen LogP contribution in [0.15, 0.2) is 41.1 Å². The SMILES string of the molecule is Cn1cc(C=CC(=O)Nc2nc3ccc(Br)cc3s2)cn1. The summed E-state index contributed by atoms with van der Waals surface area (Å²) in [5, 5.41) is 7.39. The number of amides is 1. The number of aromatic nitrogens is 3. The number of rotatable bonds is 3. The molecule has 0 aliphatic heterocycles. The molecule has 0 aliphatic rings. The number of carbonyl (C=O) groups is 1. The van der Waals surface area contributed by atoms with Gasteiger partial charge in [-0.15, -0.1) is 0 Å². The first-order valence-corrected chi connectivity index (χ1v) is 7.75. The third-order valence-electron chi connectivity index (χ3n) is 2.73. The number of anilines is 1. The van der Waals surface area contributed by atoms with Gasteiger partial charge in [0, 0.05) is 29.4 Å². The lowest BCUT2D eigenvalue weighted by Crippen LogP contribution is -2.07. The number of aryl methyl sites for hydroxylation is 1. The fourth-order valence-electron chi connectivity index (χ4n) is 1.80. The molecule has 106 valence electrons. The van der Waals surface area contributed by atoms with Crippen molar-refractivity contribution in [2.45, 2.75) is 0 Å². The normalized spacial score (nSPS) is 11.3. The zero-order chi connectivity index (χ0) is 14.8. The second-order valence-corrected chi connectivity index (χ2v) is 6.35. The molecule has 1 N–H and O–H groups in total. The lowest BCUT2D eigenvalue weighted by Gasteiger charge is -1.94. The van der Waals surface area contributed by atoms with Crippen LogP contribution < -0.4 is 5.32 Å². The number of nitrogens with zero attached hydrogens (tertiary/aromatic N) is 3. The van der Waals surface area contributed by atoms with E-state index in [-0.39, 0.29) is 5.91 Å². The highest BCUT2D eigenvalue weighted by Gasteiger charge is 2.06. The second-order valence-electron chi connectivity index (χ2n) is 4.40. The summed E-state index contributed by atoms with van der Waals surface area (Å²) in [6.07, 6.45) is 6.71. The molecule has 7 heteroatoms. The van der Waals surface area contributed by atoms with Gasteiger partial charge in [0.1, 0.15) is 0 Å². The van der Waals surface area contributed by atoms with Gasteiger partial charge < -0.3 is 0 Å². The van der Waals surface area contributed by atoms with Crippen molar-refractivity contribution in [2.24, 2.45) is 7.05 Å². The predicted octanol–water partition coefficient (Wildman–Crippen LogP) is 3.44. The Hall–Kier alpha value is -1.99. The molecular formula is C14H11BrN4OS. The molecule has 0 spiro atoms. The quantitative estimate of drug-likeness (QED) is 0.726. The van der Waals surface area contributed by atoms with Gasteiger partial charge in [0.2, 0.25) is 5.91 Å². The van der Waals surface area contributed by atoms with Gasteiger partial charge >= 0.3 is 0 Å². The summed E-state index contributed by atoms with van der Waals surface area (Å²) < 4.78 is 3.70. The van der Waals surface area contributed by atoms with Crippen LogP contribution in [-0.4, -0.2) is 20.7 Å². The highest BCUT2D eigenvalue weighted by Crippen LogP contribution is 2.28. The molecule has 0 fully saturated rings. The first-order chi connectivity index (χ1) is 10.1. The van der Waals surface area contributed by atoms with Crippen molar-refractivity contribution in [2.75, 3.05) is 5.32 Å². The van der Waals surface area contributed by atoms with Crippen LogP contribution in [-0.2, 0) is 11.8 Å². The molecule has 0 atom stereocenters. The molecule has 5 nitrogen and oxygen atoms in total. The van der Waals surface area contributed by atoms with Crippen LogP contribution in [0.25, 0.3) is 16.3 Å². The number of halogens is 1. The molecule has 21 heavy (non-hydrogen) atoms. The summed E-state index contributed by atoms with van der Waals surface area (Å²) in [7, 11) is 1.83. The van der Waals surface area contributed by atoms with E-state index in [0.717, 1.165) is 20.3 Å². The third-order valence-corrected chi connectivity index (χ3v) is 4.16. The Morgan fingerprint density at radius 1 is 1.48 bits per heavy atom. The Bertz CT molecular complexity index is 836. The van der Waals surface area contributed by atoms with Crippen LogP contribution in [0.4, 0.5) is 5.13 Å². The smallest absolute Gasteiger partial charge is 0.250 e. The minimum absolute atomic E-state index is 0.211. The monoisotopic (exact) mass is 362 g/mol. The fourth-order valence-corrected chi connectivity index (χ4v) is 3.22. The maximum absolute atomic E-state index is 11.9. The molecule has 0 radical (unpaired) electrons. The lowest BCUT2D eigenvalue weighted by molar-refractivity contribution is -0.111. The molecule has 0 bridgehead atoms. The highest BCUT2D eigenvalue weighted by atomic mass is 79.9. The van der Waals surface area contributed by atoms with Crippen LogP contribution in [0.2, 0.25) is 0 Å². The number of thiazole rings is 1. The van der Waals surface area contributed by atoms with Gasteiger partial charge in [0.25, 0.3) is 0 Å². The molecule has 1 amide bonds. The molecule has 1 aromatic carbocycles. The minimum Gasteiger partial charge on any atom is -0.298 e. The maximum atomic E-state index is 11.9. The molecule has 3 rings (SSSR count). The third kappa shape index (κ3) is 3.37. The topological polar surface area (TPSA) is 59.8 Å². The molecule has 3 aromatic rings. The number of nitrogens with one attached hydrogen (secondary N) is 1. The van der Waals surface area contributed by atoms with Crippen LogP contribution >= 0.6 is 27.3 Å². The first kappa shape index (κ1) is 14.0. The Kier molecular flexibility index (Phi) is 3.85. The van der Waals surface area contributed by atoms with E-state index in [1.807, 2.05) is 31.4 Å². The highest BCUT2D eigenvalue weighted by molar-refractivity contribution is 9.10. The van der Waals surface area contributed by atoms with Gasteiger partial charge in [-0.3, -0.25) is 14.8 Å². The molecule has 0 saturated heterocycles. The van der Waals surface area contributed by atoms with Gasteiger partial charge in [-0.25, -0.2) is 4.98 Å². The predicted molar refractivity (Wildman–Crippen MR) is 88.2 cm³/mol. The summed E-state index contributed by atoms with van der Waals surface area (Å²) in [5.74, 6) is -0.211. The number of hydrogen-bond donors (Lipinski definition) is 1. The second kappa shape index (κ2) is 5.79. The summed E-state index contributed by atoms with van der Waals surface area (Å²) in [5.41, 5.74) is 1.75. The van der Waals surface area contributed by atoms with E-state index in [9.17, 15) is 4.79 Å². The van der Waals surface area contributed by atoms with Gasteiger partial charge in [-0.1, -0.05) is 27.3 Å². The van der Waals surface area contributed by atoms with E-state index in [1.54, 1.807) is 17.0 Å². The van der Waals surface area contributed by atoms with Crippen molar-refractivity contribution in [3.8, 4) is 0 Å². The van der Waals surface area contributed by atoms with Crippen LogP contribution in [0.1, 0.15) is 5.56 Å². The van der Waals surface area contributed by atoms with Gasteiger partial charge in [0.15, 0.2) is 5.13 Å². The zero-order valence-corrected chi connectivity index (χ0v) is 13.5. The van der Waals surface area contributed by atoms with Crippen LogP contribution in [0, 0.1) is 0 Å². The summed E-state index contributed by atoms with van der Waals surface area (Å²) >= 11 is 4.86. The van der Waals surface area contributed by atoms with Crippen molar-refractivity contribution >= 4 is 54.6 Å². The van der Waals surface area contributed by atoms with E-state index in [1.165, 1.54) is 17.4 Å². The van der Waals surface area contributed by atoms with E-state index >= 15 is 0 Å². The molecule has 2 heterocycles. The largest absolute Gasteiger partial charge is 0.298 e. The number of carbonyl (C=O) groups excluding carboxylic acids is 1. The van der Waals surface area contributed by atoms with Crippen molar-refractivity contribution in [1.29, 1.82) is 0 Å². The van der Waals surface area contributed by atoms with Gasteiger partial charge in [-0.05, 0) is 24.3 Å². The standard InChI is InChI=1S/C14H11BrN4OS/c1-19-8-9(7-16-19)2-5-13(20)18-14-17-11-4-3-10(15)6-12(11)21-14/h2-8H,1H3,(H,17,18,20). The fraction of sp³-hybridized carbons (Fsp3) is 0.0714. The van der Waals surface area contributed by atoms with Crippen molar-refractivity contribution in [3.05, 3.63) is 46.7 Å². The van der Waals surface area contributed by atoms with Gasteiger partial charge in [0.05, 0.1) is 16.4 Å². The summed E-state index contributed by atoms with van der Waals surface area (Å²) in [6.45, 7) is 0. The maximum Gasteiger partial charge on any atom is 0.250 e. The number of benzene rings is 1. The van der Waals surface area contributed by atoms with E-state index in [0.29, 0.717) is 5.13 Å². The summed E-state index contributed by atoms with van der Waals surface area (Å²) in [6, 6.07) is 5.82. The molecule has 0 unspecified atom stereocenters. The first-order valence-electron chi connectivity index (χ1n) is 6.14. The zero-order valence-electron chi connectivity index (χ0n) is 11.1. The van der Waals surface area contributed by atoms with Crippen molar-refractivity contribution in [3.63, 3.8) is 0 Å². The molecular weight excluding hydrogens is 352 g/mol. The molecule has 0 aliphatic carbocycles.